The van der Waals surface area contributed by atoms with E-state index in [1.807, 2.05) is 6.92 Å². The van der Waals surface area contributed by atoms with Gasteiger partial charge in [-0.15, -0.1) is 0 Å². The van der Waals surface area contributed by atoms with Crippen LogP contribution < -0.4 is 0 Å². The summed E-state index contributed by atoms with van der Waals surface area (Å²) in [6, 6.07) is 0. The normalized spacial score (nSPS) is 9.94. The molecule has 0 atom stereocenters. The maximum Gasteiger partial charge on any atom is 0.302 e. The average Bonchev–Trinajstić information content (AvgIpc) is 2.23. The van der Waals surface area contributed by atoms with Gasteiger partial charge in [-0.1, -0.05) is 6.92 Å². The van der Waals surface area contributed by atoms with Crippen molar-refractivity contribution >= 4 is 11.9 Å². The molecule has 16 heavy (non-hydrogen) atoms. The van der Waals surface area contributed by atoms with Gasteiger partial charge in [-0.2, -0.15) is 0 Å². The van der Waals surface area contributed by atoms with Crippen molar-refractivity contribution in [2.24, 2.45) is 0 Å². The van der Waals surface area contributed by atoms with Gasteiger partial charge in [-0.05, 0) is 6.42 Å². The van der Waals surface area contributed by atoms with Gasteiger partial charge in [0.2, 0.25) is 5.91 Å². The molecule has 0 saturated carbocycles. The van der Waals surface area contributed by atoms with Gasteiger partial charge in [0.05, 0.1) is 19.6 Å². The van der Waals surface area contributed by atoms with E-state index in [4.69, 9.17) is 9.47 Å². The number of amides is 1. The lowest BCUT2D eigenvalue weighted by atomic mass is 10.4. The molecule has 1 amide bonds. The summed E-state index contributed by atoms with van der Waals surface area (Å²) in [7, 11) is 1.69. The number of ether oxygens (including phenoxy) is 2. The highest BCUT2D eigenvalue weighted by atomic mass is 16.5. The highest BCUT2D eigenvalue weighted by molar-refractivity contribution is 5.76. The Morgan fingerprint density at radius 3 is 2.44 bits per heavy atom. The van der Waals surface area contributed by atoms with Crippen LogP contribution in [0.5, 0.6) is 0 Å². The maximum absolute atomic E-state index is 11.5. The number of hydrogen-bond acceptors (Lipinski definition) is 4. The minimum atomic E-state index is -0.327. The fourth-order valence-corrected chi connectivity index (χ4v) is 1.05. The zero-order valence-electron chi connectivity index (χ0n) is 10.3. The van der Waals surface area contributed by atoms with Crippen LogP contribution in [-0.2, 0) is 19.1 Å². The number of hydrogen-bond donors (Lipinski definition) is 0. The second-order valence-corrected chi connectivity index (χ2v) is 3.52. The molecule has 5 heteroatoms. The molecular weight excluding hydrogens is 210 g/mol. The van der Waals surface area contributed by atoms with E-state index in [9.17, 15) is 9.59 Å². The fourth-order valence-electron chi connectivity index (χ4n) is 1.05. The van der Waals surface area contributed by atoms with Gasteiger partial charge >= 0.3 is 5.97 Å². The lowest BCUT2D eigenvalue weighted by molar-refractivity contribution is -0.143. The standard InChI is InChI=1S/C11H21NO4/c1-4-7-15-8-5-11(14)12(3)6-9-16-10(2)13/h4-9H2,1-3H3. The molecule has 0 aromatic heterocycles. The van der Waals surface area contributed by atoms with Crippen LogP contribution >= 0.6 is 0 Å². The number of rotatable bonds is 8. The first-order valence-electron chi connectivity index (χ1n) is 5.53. The second-order valence-electron chi connectivity index (χ2n) is 3.52. The number of carbonyl (C=O) groups is 2. The summed E-state index contributed by atoms with van der Waals surface area (Å²) in [4.78, 5) is 23.5. The van der Waals surface area contributed by atoms with E-state index in [1.165, 1.54) is 11.8 Å². The van der Waals surface area contributed by atoms with Crippen LogP contribution in [0.15, 0.2) is 0 Å². The lowest BCUT2D eigenvalue weighted by Crippen LogP contribution is -2.31. The zero-order valence-corrected chi connectivity index (χ0v) is 10.3. The van der Waals surface area contributed by atoms with Gasteiger partial charge < -0.3 is 14.4 Å². The zero-order chi connectivity index (χ0) is 12.4. The lowest BCUT2D eigenvalue weighted by Gasteiger charge is -2.16. The van der Waals surface area contributed by atoms with E-state index in [-0.39, 0.29) is 18.5 Å². The summed E-state index contributed by atoms with van der Waals surface area (Å²) in [5.41, 5.74) is 0. The SMILES string of the molecule is CCCOCCC(=O)N(C)CCOC(C)=O. The molecule has 0 rings (SSSR count). The Balaban J connectivity index is 3.53. The van der Waals surface area contributed by atoms with Crippen molar-refractivity contribution < 1.29 is 19.1 Å². The number of nitrogens with zero attached hydrogens (tertiary/aromatic N) is 1. The molecule has 0 saturated heterocycles. The molecule has 0 aliphatic heterocycles. The van der Waals surface area contributed by atoms with E-state index in [0.29, 0.717) is 26.2 Å². The highest BCUT2D eigenvalue weighted by Crippen LogP contribution is 1.93. The smallest absolute Gasteiger partial charge is 0.302 e. The Hall–Kier alpha value is -1.10. The molecule has 0 radical (unpaired) electrons. The minimum Gasteiger partial charge on any atom is -0.464 e. The second kappa shape index (κ2) is 9.15. The van der Waals surface area contributed by atoms with Crippen molar-refractivity contribution in [3.8, 4) is 0 Å². The summed E-state index contributed by atoms with van der Waals surface area (Å²) in [6.07, 6.45) is 1.33. The molecule has 0 unspecified atom stereocenters. The third-order valence-electron chi connectivity index (χ3n) is 1.97. The molecule has 0 N–H and O–H groups in total. The number of carbonyl (C=O) groups excluding carboxylic acids is 2. The largest absolute Gasteiger partial charge is 0.464 e. The third-order valence-corrected chi connectivity index (χ3v) is 1.97. The monoisotopic (exact) mass is 231 g/mol. The Morgan fingerprint density at radius 2 is 1.88 bits per heavy atom. The first kappa shape index (κ1) is 14.9. The molecule has 0 aliphatic carbocycles. The number of likely N-dealkylation sites (N-methyl/N-ethyl adjacent to an activating group) is 1. The molecule has 94 valence electrons. The van der Waals surface area contributed by atoms with Gasteiger partial charge in [0.1, 0.15) is 6.61 Å². The predicted molar refractivity (Wildman–Crippen MR) is 60.0 cm³/mol. The molecule has 0 aromatic rings. The van der Waals surface area contributed by atoms with E-state index in [2.05, 4.69) is 0 Å². The van der Waals surface area contributed by atoms with Crippen LogP contribution in [0, 0.1) is 0 Å². The van der Waals surface area contributed by atoms with Gasteiger partial charge in [-0.3, -0.25) is 9.59 Å². The van der Waals surface area contributed by atoms with Crippen LogP contribution in [0.4, 0.5) is 0 Å². The third kappa shape index (κ3) is 8.23. The van der Waals surface area contributed by atoms with Gasteiger partial charge in [0, 0.05) is 20.6 Å². The van der Waals surface area contributed by atoms with Gasteiger partial charge in [0.25, 0.3) is 0 Å². The van der Waals surface area contributed by atoms with E-state index in [0.717, 1.165) is 6.42 Å². The highest BCUT2D eigenvalue weighted by Gasteiger charge is 2.08. The van der Waals surface area contributed by atoms with Crippen molar-refractivity contribution in [1.82, 2.24) is 4.90 Å². The molecule has 0 fully saturated rings. The molecule has 0 aromatic carbocycles. The molecule has 5 nitrogen and oxygen atoms in total. The van der Waals surface area contributed by atoms with Crippen molar-refractivity contribution in [2.75, 3.05) is 33.4 Å². The van der Waals surface area contributed by atoms with E-state index in [1.54, 1.807) is 7.05 Å². The summed E-state index contributed by atoms with van der Waals surface area (Å²) in [6.45, 7) is 5.17. The van der Waals surface area contributed by atoms with Gasteiger partial charge in [0.15, 0.2) is 0 Å². The van der Waals surface area contributed by atoms with Crippen LogP contribution in [-0.4, -0.2) is 50.2 Å². The van der Waals surface area contributed by atoms with Crippen molar-refractivity contribution in [2.45, 2.75) is 26.7 Å². The van der Waals surface area contributed by atoms with Crippen LogP contribution in [0.1, 0.15) is 26.7 Å². The van der Waals surface area contributed by atoms with Crippen molar-refractivity contribution in [3.05, 3.63) is 0 Å². The maximum atomic E-state index is 11.5. The van der Waals surface area contributed by atoms with Crippen LogP contribution in [0.2, 0.25) is 0 Å². The van der Waals surface area contributed by atoms with Crippen molar-refractivity contribution in [3.63, 3.8) is 0 Å². The molecule has 0 bridgehead atoms. The Morgan fingerprint density at radius 1 is 1.19 bits per heavy atom. The summed E-state index contributed by atoms with van der Waals surface area (Å²) < 4.78 is 9.96. The van der Waals surface area contributed by atoms with E-state index < -0.39 is 0 Å². The summed E-state index contributed by atoms with van der Waals surface area (Å²) >= 11 is 0. The topological polar surface area (TPSA) is 55.8 Å². The molecule has 0 aliphatic rings. The first-order chi connectivity index (χ1) is 7.57. The number of esters is 1. The average molecular weight is 231 g/mol. The Labute approximate surface area is 96.7 Å². The Bertz CT molecular complexity index is 218. The molecular formula is C11H21NO4. The van der Waals surface area contributed by atoms with Crippen LogP contribution in [0.25, 0.3) is 0 Å². The van der Waals surface area contributed by atoms with Gasteiger partial charge in [-0.25, -0.2) is 0 Å². The molecule has 0 heterocycles. The first-order valence-corrected chi connectivity index (χ1v) is 5.53. The van der Waals surface area contributed by atoms with E-state index >= 15 is 0 Å². The molecule has 0 spiro atoms. The Kier molecular flexibility index (Phi) is 8.52. The van der Waals surface area contributed by atoms with Crippen LogP contribution in [0.3, 0.4) is 0 Å². The fraction of sp³-hybridized carbons (Fsp3) is 0.818. The minimum absolute atomic E-state index is 0.00301. The summed E-state index contributed by atoms with van der Waals surface area (Å²) in [5, 5.41) is 0. The quantitative estimate of drug-likeness (QED) is 0.458. The van der Waals surface area contributed by atoms with Crippen molar-refractivity contribution in [1.29, 1.82) is 0 Å². The summed E-state index contributed by atoms with van der Waals surface area (Å²) in [5.74, 6) is -0.324. The predicted octanol–water partition coefficient (Wildman–Crippen LogP) is 0.825.